The third-order valence-corrected chi connectivity index (χ3v) is 5.20. The van der Waals surface area contributed by atoms with E-state index in [0.717, 1.165) is 16.8 Å². The van der Waals surface area contributed by atoms with Crippen LogP contribution in [0.1, 0.15) is 11.1 Å². The molecule has 2 unspecified atom stereocenters. The largest absolute Gasteiger partial charge is 0.394 e. The molecule has 5 nitrogen and oxygen atoms in total. The van der Waals surface area contributed by atoms with E-state index in [4.69, 9.17) is 16.3 Å². The molecule has 0 aromatic heterocycles. The van der Waals surface area contributed by atoms with Crippen molar-refractivity contribution in [2.45, 2.75) is 11.8 Å². The lowest BCUT2D eigenvalue weighted by Crippen LogP contribution is -2.45. The van der Waals surface area contributed by atoms with E-state index in [1.807, 2.05) is 47.4 Å². The molecule has 6 heteroatoms. The van der Waals surface area contributed by atoms with Crippen LogP contribution in [0.5, 0.6) is 0 Å². The maximum absolute atomic E-state index is 12.7. The van der Waals surface area contributed by atoms with Gasteiger partial charge in [0.25, 0.3) is 0 Å². The number of likely N-dealkylation sites (N-methyl/N-ethyl adjacent to an activating group) is 1. The maximum Gasteiger partial charge on any atom is 0.241 e. The number of carbonyl (C=O) groups is 1. The molecule has 2 aromatic carbocycles. The first-order chi connectivity index (χ1) is 12.1. The van der Waals surface area contributed by atoms with Gasteiger partial charge in [-0.05, 0) is 18.2 Å². The summed E-state index contributed by atoms with van der Waals surface area (Å²) in [6.45, 7) is 0.566. The zero-order valence-corrected chi connectivity index (χ0v) is 14.6. The van der Waals surface area contributed by atoms with E-state index in [1.54, 1.807) is 18.0 Å². The van der Waals surface area contributed by atoms with E-state index in [2.05, 4.69) is 0 Å². The second-order valence-electron chi connectivity index (χ2n) is 6.43. The van der Waals surface area contributed by atoms with Crippen LogP contribution in [0.2, 0.25) is 5.02 Å². The highest BCUT2D eigenvalue weighted by Gasteiger charge is 2.53. The van der Waals surface area contributed by atoms with Crippen molar-refractivity contribution >= 4 is 23.2 Å². The zero-order valence-electron chi connectivity index (χ0n) is 13.9. The SMILES string of the molecule is CN1C(=O)CN2CC(CO)OC2(c2ccccc2)c2cc(Cl)ccc21. The van der Waals surface area contributed by atoms with Crippen molar-refractivity contribution in [3.63, 3.8) is 0 Å². The molecule has 25 heavy (non-hydrogen) atoms. The zero-order chi connectivity index (χ0) is 17.6. The number of carbonyl (C=O) groups excluding carboxylic acids is 1. The lowest BCUT2D eigenvalue weighted by atomic mass is 9.92. The fraction of sp³-hybridized carbons (Fsp3) is 0.316. The number of fused-ring (bicyclic) bond motifs is 3. The Bertz CT molecular complexity index is 814. The highest BCUT2D eigenvalue weighted by molar-refractivity contribution is 6.30. The van der Waals surface area contributed by atoms with Gasteiger partial charge in [0.1, 0.15) is 0 Å². The molecule has 1 saturated heterocycles. The maximum atomic E-state index is 12.7. The molecule has 0 aliphatic carbocycles. The van der Waals surface area contributed by atoms with Crippen LogP contribution in [-0.2, 0) is 15.3 Å². The molecule has 2 aromatic rings. The van der Waals surface area contributed by atoms with E-state index in [-0.39, 0.29) is 25.2 Å². The van der Waals surface area contributed by atoms with Crippen LogP contribution >= 0.6 is 11.6 Å². The number of ether oxygens (including phenoxy) is 1. The normalized spacial score (nSPS) is 26.3. The monoisotopic (exact) mass is 358 g/mol. The van der Waals surface area contributed by atoms with Crippen LogP contribution in [0.15, 0.2) is 48.5 Å². The smallest absolute Gasteiger partial charge is 0.241 e. The summed E-state index contributed by atoms with van der Waals surface area (Å²) in [5, 5.41) is 10.3. The number of nitrogens with zero attached hydrogens (tertiary/aromatic N) is 2. The van der Waals surface area contributed by atoms with Crippen LogP contribution in [-0.4, -0.2) is 48.8 Å². The van der Waals surface area contributed by atoms with E-state index in [0.29, 0.717) is 11.6 Å². The summed E-state index contributed by atoms with van der Waals surface area (Å²) in [4.78, 5) is 16.3. The van der Waals surface area contributed by atoms with Gasteiger partial charge in [0.2, 0.25) is 5.91 Å². The molecule has 0 radical (unpaired) electrons. The Morgan fingerprint density at radius 3 is 2.76 bits per heavy atom. The molecule has 4 rings (SSSR count). The number of halogens is 1. The van der Waals surface area contributed by atoms with Gasteiger partial charge in [0.05, 0.1) is 24.9 Å². The van der Waals surface area contributed by atoms with Crippen LogP contribution in [0.3, 0.4) is 0 Å². The van der Waals surface area contributed by atoms with E-state index in [9.17, 15) is 9.90 Å². The van der Waals surface area contributed by atoms with Gasteiger partial charge in [0.15, 0.2) is 5.72 Å². The van der Waals surface area contributed by atoms with Crippen LogP contribution in [0, 0.1) is 0 Å². The Labute approximate surface area is 151 Å². The molecule has 2 heterocycles. The number of hydrogen-bond donors (Lipinski definition) is 1. The summed E-state index contributed by atoms with van der Waals surface area (Å²) in [5.74, 6) is -0.0245. The van der Waals surface area contributed by atoms with E-state index >= 15 is 0 Å². The van der Waals surface area contributed by atoms with Gasteiger partial charge in [-0.25, -0.2) is 0 Å². The third-order valence-electron chi connectivity index (χ3n) is 4.96. The van der Waals surface area contributed by atoms with Crippen LogP contribution < -0.4 is 4.90 Å². The summed E-state index contributed by atoms with van der Waals surface area (Å²) < 4.78 is 6.38. The van der Waals surface area contributed by atoms with E-state index in [1.165, 1.54) is 0 Å². The molecule has 1 fully saturated rings. The fourth-order valence-electron chi connectivity index (χ4n) is 3.78. The Hall–Kier alpha value is -1.92. The molecular weight excluding hydrogens is 340 g/mol. The van der Waals surface area contributed by atoms with Crippen LogP contribution in [0.25, 0.3) is 0 Å². The molecule has 2 aliphatic rings. The minimum Gasteiger partial charge on any atom is -0.394 e. The molecular formula is C19H19ClN2O3. The highest BCUT2D eigenvalue weighted by atomic mass is 35.5. The molecule has 1 N–H and O–H groups in total. The van der Waals surface area contributed by atoms with Crippen molar-refractivity contribution in [1.29, 1.82) is 0 Å². The van der Waals surface area contributed by atoms with Crippen LogP contribution in [0.4, 0.5) is 5.69 Å². The first-order valence-electron chi connectivity index (χ1n) is 8.22. The molecule has 130 valence electrons. The van der Waals surface area contributed by atoms with Gasteiger partial charge in [-0.15, -0.1) is 0 Å². The average Bonchev–Trinajstić information content (AvgIpc) is 2.97. The van der Waals surface area contributed by atoms with Gasteiger partial charge >= 0.3 is 0 Å². The predicted molar refractivity (Wildman–Crippen MR) is 95.6 cm³/mol. The Morgan fingerprint density at radius 1 is 1.28 bits per heavy atom. The topological polar surface area (TPSA) is 53.0 Å². The number of hydrogen-bond acceptors (Lipinski definition) is 4. The molecule has 0 spiro atoms. The number of aliphatic hydroxyl groups is 1. The summed E-state index contributed by atoms with van der Waals surface area (Å²) in [7, 11) is 1.76. The van der Waals surface area contributed by atoms with Crippen molar-refractivity contribution < 1.29 is 14.6 Å². The van der Waals surface area contributed by atoms with E-state index < -0.39 is 5.72 Å². The highest BCUT2D eigenvalue weighted by Crippen LogP contribution is 2.48. The quantitative estimate of drug-likeness (QED) is 0.894. The third kappa shape index (κ3) is 2.47. The van der Waals surface area contributed by atoms with Crippen molar-refractivity contribution in [3.8, 4) is 0 Å². The van der Waals surface area contributed by atoms with Gasteiger partial charge in [0, 0.05) is 29.7 Å². The summed E-state index contributed by atoms with van der Waals surface area (Å²) in [6.07, 6.45) is -0.372. The number of benzene rings is 2. The number of amides is 1. The van der Waals surface area contributed by atoms with Gasteiger partial charge in [-0.3, -0.25) is 9.69 Å². The van der Waals surface area contributed by atoms with Crippen molar-refractivity contribution in [3.05, 3.63) is 64.7 Å². The van der Waals surface area contributed by atoms with Gasteiger partial charge in [-0.2, -0.15) is 0 Å². The second kappa shape index (κ2) is 6.11. The Kier molecular flexibility index (Phi) is 4.04. The second-order valence-corrected chi connectivity index (χ2v) is 6.86. The average molecular weight is 359 g/mol. The van der Waals surface area contributed by atoms with Crippen molar-refractivity contribution in [2.75, 3.05) is 31.6 Å². The summed E-state index contributed by atoms with van der Waals surface area (Å²) >= 11 is 6.30. The first kappa shape index (κ1) is 16.5. The molecule has 2 atom stereocenters. The standard InChI is InChI=1S/C19H19ClN2O3/c1-21-17-8-7-14(20)9-16(17)19(13-5-3-2-4-6-13)22(11-18(21)24)10-15(12-23)25-19/h2-9,15,23H,10-12H2,1H3. The lowest BCUT2D eigenvalue weighted by molar-refractivity contribution is -0.124. The minimum atomic E-state index is -0.949. The summed E-state index contributed by atoms with van der Waals surface area (Å²) in [5.41, 5.74) is 1.54. The number of rotatable bonds is 2. The minimum absolute atomic E-state index is 0.0245. The van der Waals surface area contributed by atoms with Crippen molar-refractivity contribution in [1.82, 2.24) is 4.90 Å². The lowest BCUT2D eigenvalue weighted by Gasteiger charge is -2.37. The molecule has 0 saturated carbocycles. The molecule has 1 amide bonds. The molecule has 0 bridgehead atoms. The van der Waals surface area contributed by atoms with Gasteiger partial charge < -0.3 is 14.7 Å². The Morgan fingerprint density at radius 2 is 2.04 bits per heavy atom. The predicted octanol–water partition coefficient (Wildman–Crippen LogP) is 2.21. The number of aliphatic hydroxyl groups excluding tert-OH is 1. The van der Waals surface area contributed by atoms with Crippen molar-refractivity contribution in [2.24, 2.45) is 0 Å². The number of anilines is 1. The Balaban J connectivity index is 2.02. The first-order valence-corrected chi connectivity index (χ1v) is 8.60. The summed E-state index contributed by atoms with van der Waals surface area (Å²) in [6, 6.07) is 15.3. The van der Waals surface area contributed by atoms with Gasteiger partial charge in [-0.1, -0.05) is 41.9 Å². The molecule has 2 aliphatic heterocycles. The fourth-order valence-corrected chi connectivity index (χ4v) is 3.95.